The molecule has 2 heterocycles. The van der Waals surface area contributed by atoms with Gasteiger partial charge in [-0.15, -0.1) is 0 Å². The van der Waals surface area contributed by atoms with E-state index in [1.54, 1.807) is 0 Å². The van der Waals surface area contributed by atoms with Gasteiger partial charge in [0.25, 0.3) is 0 Å². The van der Waals surface area contributed by atoms with Crippen LogP contribution in [0.5, 0.6) is 0 Å². The van der Waals surface area contributed by atoms with Crippen molar-refractivity contribution in [2.75, 3.05) is 30.3 Å². The number of hydrogen-bond acceptors (Lipinski definition) is 5. The summed E-state index contributed by atoms with van der Waals surface area (Å²) in [7, 11) is 0. The zero-order valence-electron chi connectivity index (χ0n) is 10.1. The highest BCUT2D eigenvalue weighted by Crippen LogP contribution is 2.26. The van der Waals surface area contributed by atoms with E-state index in [1.165, 1.54) is 0 Å². The third-order valence-electron chi connectivity index (χ3n) is 2.84. The summed E-state index contributed by atoms with van der Waals surface area (Å²) >= 11 is 5.88. The molecule has 1 aromatic heterocycles. The van der Waals surface area contributed by atoms with Crippen molar-refractivity contribution >= 4 is 23.1 Å². The van der Waals surface area contributed by atoms with Crippen LogP contribution in [0.3, 0.4) is 0 Å². The average molecular weight is 257 g/mol. The first-order valence-corrected chi connectivity index (χ1v) is 6.12. The fourth-order valence-corrected chi connectivity index (χ4v) is 2.17. The van der Waals surface area contributed by atoms with E-state index in [-0.39, 0.29) is 11.4 Å². The maximum Gasteiger partial charge on any atom is 0.224 e. The molecule has 1 unspecified atom stereocenters. The molecule has 94 valence electrons. The van der Waals surface area contributed by atoms with Gasteiger partial charge in [0.2, 0.25) is 5.28 Å². The molecular weight excluding hydrogens is 240 g/mol. The van der Waals surface area contributed by atoms with Gasteiger partial charge in [-0.25, -0.2) is 4.98 Å². The van der Waals surface area contributed by atoms with Crippen molar-refractivity contribution < 1.29 is 4.74 Å². The summed E-state index contributed by atoms with van der Waals surface area (Å²) in [5.74, 6) is 0.722. The Kier molecular flexibility index (Phi) is 3.69. The Balaban J connectivity index is 2.31. The average Bonchev–Trinajstić information content (AvgIpc) is 2.48. The fraction of sp³-hybridized carbons (Fsp3) is 0.636. The van der Waals surface area contributed by atoms with E-state index >= 15 is 0 Å². The minimum atomic E-state index is 0.172. The van der Waals surface area contributed by atoms with Crippen molar-refractivity contribution in [3.05, 3.63) is 11.0 Å². The highest BCUT2D eigenvalue weighted by atomic mass is 35.5. The van der Waals surface area contributed by atoms with E-state index in [2.05, 4.69) is 14.9 Å². The first-order chi connectivity index (χ1) is 8.08. The van der Waals surface area contributed by atoms with Crippen LogP contribution in [0, 0.1) is 6.92 Å². The van der Waals surface area contributed by atoms with Gasteiger partial charge in [0, 0.05) is 19.7 Å². The molecule has 6 heteroatoms. The molecule has 0 aliphatic carbocycles. The molecule has 17 heavy (non-hydrogen) atoms. The van der Waals surface area contributed by atoms with Gasteiger partial charge in [-0.3, -0.25) is 0 Å². The summed E-state index contributed by atoms with van der Waals surface area (Å²) in [4.78, 5) is 10.4. The number of aromatic nitrogens is 2. The van der Waals surface area contributed by atoms with Crippen molar-refractivity contribution in [2.24, 2.45) is 0 Å². The van der Waals surface area contributed by atoms with Gasteiger partial charge in [0.1, 0.15) is 0 Å². The van der Waals surface area contributed by atoms with Crippen LogP contribution in [0.2, 0.25) is 5.28 Å². The van der Waals surface area contributed by atoms with Crippen molar-refractivity contribution in [1.82, 2.24) is 9.97 Å². The van der Waals surface area contributed by atoms with E-state index < -0.39 is 0 Å². The van der Waals surface area contributed by atoms with E-state index in [9.17, 15) is 0 Å². The molecule has 1 aliphatic heterocycles. The van der Waals surface area contributed by atoms with Gasteiger partial charge >= 0.3 is 0 Å². The van der Waals surface area contributed by atoms with E-state index in [4.69, 9.17) is 22.1 Å². The van der Waals surface area contributed by atoms with Crippen molar-refractivity contribution in [1.29, 1.82) is 0 Å². The monoisotopic (exact) mass is 256 g/mol. The van der Waals surface area contributed by atoms with Gasteiger partial charge in [-0.2, -0.15) is 4.98 Å². The number of halogens is 1. The second kappa shape index (κ2) is 5.06. The molecule has 1 saturated heterocycles. The van der Waals surface area contributed by atoms with Crippen LogP contribution < -0.4 is 10.6 Å². The molecule has 2 N–H and O–H groups in total. The molecule has 0 spiro atoms. The summed E-state index contributed by atoms with van der Waals surface area (Å²) < 4.78 is 5.60. The lowest BCUT2D eigenvalue weighted by Gasteiger charge is -2.24. The lowest BCUT2D eigenvalue weighted by Crippen LogP contribution is -2.31. The maximum absolute atomic E-state index is 6.01. The predicted octanol–water partition coefficient (Wildman–Crippen LogP) is 1.64. The number of anilines is 2. The molecule has 0 bridgehead atoms. The summed E-state index contributed by atoms with van der Waals surface area (Å²) in [5.41, 5.74) is 7.33. The highest BCUT2D eigenvalue weighted by molar-refractivity contribution is 6.28. The number of ether oxygens (including phenoxy) is 1. The Morgan fingerprint density at radius 1 is 1.47 bits per heavy atom. The second-order valence-electron chi connectivity index (χ2n) is 4.30. The number of rotatable bonds is 1. The van der Waals surface area contributed by atoms with Crippen molar-refractivity contribution in [2.45, 2.75) is 26.4 Å². The quantitative estimate of drug-likeness (QED) is 0.774. The minimum Gasteiger partial charge on any atom is -0.394 e. The minimum absolute atomic E-state index is 0.172. The molecule has 0 radical (unpaired) electrons. The van der Waals surface area contributed by atoms with Gasteiger partial charge in [-0.1, -0.05) is 0 Å². The van der Waals surface area contributed by atoms with E-state index in [0.717, 1.165) is 37.6 Å². The van der Waals surface area contributed by atoms with Crippen LogP contribution in [-0.4, -0.2) is 35.8 Å². The Morgan fingerprint density at radius 2 is 2.24 bits per heavy atom. The third kappa shape index (κ3) is 2.79. The molecule has 1 aliphatic rings. The summed E-state index contributed by atoms with van der Waals surface area (Å²) in [6, 6.07) is 0. The number of hydrogen-bond donors (Lipinski definition) is 1. The maximum atomic E-state index is 6.01. The molecule has 1 fully saturated rings. The van der Waals surface area contributed by atoms with Crippen LogP contribution in [0.4, 0.5) is 11.5 Å². The SMILES string of the molecule is Cc1nc(Cl)nc(N2CCCOC(C)C2)c1N. The zero-order valence-corrected chi connectivity index (χ0v) is 10.9. The largest absolute Gasteiger partial charge is 0.394 e. The topological polar surface area (TPSA) is 64.3 Å². The lowest BCUT2D eigenvalue weighted by molar-refractivity contribution is 0.0820. The molecule has 1 atom stereocenters. The van der Waals surface area contributed by atoms with Crippen LogP contribution in [-0.2, 0) is 4.74 Å². The van der Waals surface area contributed by atoms with Crippen LogP contribution in [0.1, 0.15) is 19.0 Å². The predicted molar refractivity (Wildman–Crippen MR) is 68.4 cm³/mol. The van der Waals surface area contributed by atoms with E-state index in [0.29, 0.717) is 5.69 Å². The molecule has 0 aromatic carbocycles. The van der Waals surface area contributed by atoms with E-state index in [1.807, 2.05) is 13.8 Å². The Hall–Kier alpha value is -1.07. The highest BCUT2D eigenvalue weighted by Gasteiger charge is 2.20. The normalized spacial score (nSPS) is 21.4. The van der Waals surface area contributed by atoms with Gasteiger partial charge in [-0.05, 0) is 31.9 Å². The summed E-state index contributed by atoms with van der Waals surface area (Å²) in [6.45, 7) is 6.31. The Morgan fingerprint density at radius 3 is 3.00 bits per heavy atom. The number of aryl methyl sites for hydroxylation is 1. The number of nitrogens with two attached hydrogens (primary N) is 1. The Bertz CT molecular complexity index is 413. The smallest absolute Gasteiger partial charge is 0.224 e. The van der Waals surface area contributed by atoms with Crippen LogP contribution >= 0.6 is 11.6 Å². The first-order valence-electron chi connectivity index (χ1n) is 5.74. The number of nitrogens with zero attached hydrogens (tertiary/aromatic N) is 3. The number of nitrogen functional groups attached to an aromatic ring is 1. The van der Waals surface area contributed by atoms with Gasteiger partial charge in [0.15, 0.2) is 5.82 Å². The molecule has 5 nitrogen and oxygen atoms in total. The summed E-state index contributed by atoms with van der Waals surface area (Å²) in [5, 5.41) is 0.240. The first kappa shape index (κ1) is 12.4. The summed E-state index contributed by atoms with van der Waals surface area (Å²) in [6.07, 6.45) is 1.13. The van der Waals surface area contributed by atoms with Crippen molar-refractivity contribution in [3.8, 4) is 0 Å². The van der Waals surface area contributed by atoms with Crippen LogP contribution in [0.25, 0.3) is 0 Å². The molecular formula is C11H17ClN4O. The third-order valence-corrected chi connectivity index (χ3v) is 3.01. The zero-order chi connectivity index (χ0) is 12.4. The van der Waals surface area contributed by atoms with Crippen LogP contribution in [0.15, 0.2) is 0 Å². The standard InChI is InChI=1S/C11H17ClN4O/c1-7-6-16(4-3-5-17-7)10-9(13)8(2)14-11(12)15-10/h7H,3-6,13H2,1-2H3. The van der Waals surface area contributed by atoms with Crippen molar-refractivity contribution in [3.63, 3.8) is 0 Å². The fourth-order valence-electron chi connectivity index (χ4n) is 1.96. The Labute approximate surface area is 106 Å². The van der Waals surface area contributed by atoms with Gasteiger partial charge < -0.3 is 15.4 Å². The molecule has 0 amide bonds. The molecule has 1 aromatic rings. The van der Waals surface area contributed by atoms with Gasteiger partial charge in [0.05, 0.1) is 17.5 Å². The molecule has 2 rings (SSSR count). The second-order valence-corrected chi connectivity index (χ2v) is 4.63. The molecule has 0 saturated carbocycles. The lowest BCUT2D eigenvalue weighted by atomic mass is 10.3.